The average Bonchev–Trinajstić information content (AvgIpc) is 2.56. The second-order valence-corrected chi connectivity index (χ2v) is 7.91. The normalized spacial score (nSPS) is 30.6. The minimum absolute atomic E-state index is 0.321. The highest BCUT2D eigenvalue weighted by Gasteiger charge is 2.43. The van der Waals surface area contributed by atoms with E-state index in [0.29, 0.717) is 11.0 Å². The molecule has 2 saturated heterocycles. The lowest BCUT2D eigenvalue weighted by Crippen LogP contribution is -2.61. The van der Waals surface area contributed by atoms with Gasteiger partial charge in [-0.2, -0.15) is 0 Å². The predicted molar refractivity (Wildman–Crippen MR) is 89.5 cm³/mol. The molecule has 1 aliphatic carbocycles. The number of piperidine rings is 2. The Morgan fingerprint density at radius 3 is 1.95 bits per heavy atom. The molecule has 21 heavy (non-hydrogen) atoms. The second-order valence-electron chi connectivity index (χ2n) is 7.91. The summed E-state index contributed by atoms with van der Waals surface area (Å²) in [5.74, 6) is 0. The van der Waals surface area contributed by atoms with E-state index in [-0.39, 0.29) is 0 Å². The Morgan fingerprint density at radius 1 is 0.810 bits per heavy atom. The molecule has 0 amide bonds. The molecule has 0 atom stereocenters. The Hall–Kier alpha value is -0.120. The molecule has 3 rings (SSSR count). The number of nitrogens with zero attached hydrogens (tertiary/aromatic N) is 2. The number of hydrogen-bond acceptors (Lipinski definition) is 3. The fourth-order valence-electron chi connectivity index (χ4n) is 5.19. The maximum Gasteiger partial charge on any atom is 0.0356 e. The van der Waals surface area contributed by atoms with Crippen LogP contribution in [0.15, 0.2) is 0 Å². The lowest BCUT2D eigenvalue weighted by molar-refractivity contribution is -0.0254. The third-order valence-corrected chi connectivity index (χ3v) is 7.02. The van der Waals surface area contributed by atoms with E-state index >= 15 is 0 Å². The number of rotatable bonds is 3. The molecule has 3 fully saturated rings. The largest absolute Gasteiger partial charge is 0.329 e. The molecule has 0 aromatic rings. The van der Waals surface area contributed by atoms with Gasteiger partial charge in [-0.25, -0.2) is 0 Å². The van der Waals surface area contributed by atoms with Crippen LogP contribution in [0.1, 0.15) is 64.7 Å². The first kappa shape index (κ1) is 15.8. The molecule has 122 valence electrons. The first-order chi connectivity index (χ1) is 10.2. The zero-order chi connectivity index (χ0) is 14.8. The van der Waals surface area contributed by atoms with Crippen molar-refractivity contribution in [1.82, 2.24) is 9.80 Å². The summed E-state index contributed by atoms with van der Waals surface area (Å²) < 4.78 is 0. The van der Waals surface area contributed by atoms with Crippen LogP contribution in [0.2, 0.25) is 0 Å². The molecule has 2 N–H and O–H groups in total. The van der Waals surface area contributed by atoms with E-state index in [9.17, 15) is 0 Å². The molecular weight excluding hydrogens is 258 g/mol. The summed E-state index contributed by atoms with van der Waals surface area (Å²) in [6, 6.07) is 0. The Bertz CT molecular complexity index is 317. The second kappa shape index (κ2) is 6.55. The van der Waals surface area contributed by atoms with Crippen molar-refractivity contribution in [3.05, 3.63) is 0 Å². The summed E-state index contributed by atoms with van der Waals surface area (Å²) in [5.41, 5.74) is 7.30. The minimum Gasteiger partial charge on any atom is -0.329 e. The molecule has 1 saturated carbocycles. The first-order valence-corrected chi connectivity index (χ1v) is 9.39. The van der Waals surface area contributed by atoms with Gasteiger partial charge in [0.15, 0.2) is 0 Å². The molecule has 0 radical (unpaired) electrons. The van der Waals surface area contributed by atoms with Crippen LogP contribution in [0.5, 0.6) is 0 Å². The van der Waals surface area contributed by atoms with Gasteiger partial charge in [0.2, 0.25) is 0 Å². The topological polar surface area (TPSA) is 32.5 Å². The molecule has 3 heteroatoms. The van der Waals surface area contributed by atoms with Crippen molar-refractivity contribution in [2.75, 3.05) is 39.3 Å². The first-order valence-electron chi connectivity index (χ1n) is 9.39. The van der Waals surface area contributed by atoms with Crippen molar-refractivity contribution in [2.24, 2.45) is 11.1 Å². The summed E-state index contributed by atoms with van der Waals surface area (Å²) in [6.45, 7) is 9.45. The number of nitrogens with two attached hydrogens (primary N) is 1. The number of hydrogen-bond donors (Lipinski definition) is 1. The van der Waals surface area contributed by atoms with E-state index in [4.69, 9.17) is 5.73 Å². The smallest absolute Gasteiger partial charge is 0.0356 e. The molecule has 2 aliphatic heterocycles. The van der Waals surface area contributed by atoms with Gasteiger partial charge in [-0.05, 0) is 76.7 Å². The molecule has 3 aliphatic rings. The van der Waals surface area contributed by atoms with Crippen molar-refractivity contribution < 1.29 is 0 Å². The van der Waals surface area contributed by atoms with Crippen molar-refractivity contribution in [2.45, 2.75) is 70.3 Å². The van der Waals surface area contributed by atoms with Crippen molar-refractivity contribution in [1.29, 1.82) is 0 Å². The molecule has 1 spiro atoms. The van der Waals surface area contributed by atoms with Crippen LogP contribution in [-0.4, -0.2) is 54.6 Å². The van der Waals surface area contributed by atoms with Gasteiger partial charge in [0.05, 0.1) is 0 Å². The third-order valence-electron chi connectivity index (χ3n) is 7.02. The van der Waals surface area contributed by atoms with Crippen molar-refractivity contribution in [3.63, 3.8) is 0 Å². The summed E-state index contributed by atoms with van der Waals surface area (Å²) in [7, 11) is 0. The van der Waals surface area contributed by atoms with Gasteiger partial charge in [0.1, 0.15) is 0 Å². The minimum atomic E-state index is 0.321. The molecule has 0 bridgehead atoms. The molecular formula is C18H35N3. The predicted octanol–water partition coefficient (Wildman–Crippen LogP) is 2.85. The molecule has 0 unspecified atom stereocenters. The van der Waals surface area contributed by atoms with E-state index in [1.165, 1.54) is 90.5 Å². The van der Waals surface area contributed by atoms with Gasteiger partial charge in [-0.15, -0.1) is 0 Å². The zero-order valence-electron chi connectivity index (χ0n) is 14.1. The van der Waals surface area contributed by atoms with Gasteiger partial charge in [-0.1, -0.05) is 26.2 Å². The van der Waals surface area contributed by atoms with Crippen LogP contribution in [-0.2, 0) is 0 Å². The maximum absolute atomic E-state index is 6.27. The highest BCUT2D eigenvalue weighted by Crippen LogP contribution is 2.46. The van der Waals surface area contributed by atoms with Crippen LogP contribution < -0.4 is 5.73 Å². The zero-order valence-corrected chi connectivity index (χ0v) is 14.1. The van der Waals surface area contributed by atoms with E-state index in [2.05, 4.69) is 16.7 Å². The van der Waals surface area contributed by atoms with Gasteiger partial charge in [0, 0.05) is 12.1 Å². The Morgan fingerprint density at radius 2 is 1.43 bits per heavy atom. The number of likely N-dealkylation sites (tertiary alicyclic amines) is 2. The van der Waals surface area contributed by atoms with Crippen molar-refractivity contribution >= 4 is 0 Å². The van der Waals surface area contributed by atoms with Crippen molar-refractivity contribution in [3.8, 4) is 0 Å². The quantitative estimate of drug-likeness (QED) is 0.868. The Balaban J connectivity index is 1.59. The fourth-order valence-corrected chi connectivity index (χ4v) is 5.19. The molecule has 0 aromatic carbocycles. The van der Waals surface area contributed by atoms with Crippen LogP contribution in [0.3, 0.4) is 0 Å². The van der Waals surface area contributed by atoms with Crippen LogP contribution in [0.4, 0.5) is 0 Å². The van der Waals surface area contributed by atoms with E-state index in [1.54, 1.807) is 0 Å². The van der Waals surface area contributed by atoms with Crippen LogP contribution in [0.25, 0.3) is 0 Å². The monoisotopic (exact) mass is 293 g/mol. The third kappa shape index (κ3) is 3.16. The molecule has 0 aromatic heterocycles. The van der Waals surface area contributed by atoms with Gasteiger partial charge in [-0.3, -0.25) is 4.90 Å². The molecule has 3 nitrogen and oxygen atoms in total. The Kier molecular flexibility index (Phi) is 4.92. The van der Waals surface area contributed by atoms with Crippen LogP contribution >= 0.6 is 0 Å². The summed E-state index contributed by atoms with van der Waals surface area (Å²) in [6.07, 6.45) is 12.9. The standard InChI is InChI=1S/C18H35N3/c1-2-20-12-10-18(16-19,11-13-20)21-14-8-17(9-15-21)6-4-3-5-7-17/h2-16,19H2,1H3. The fraction of sp³-hybridized carbons (Fsp3) is 1.00. The SMILES string of the molecule is CCN1CCC(CN)(N2CCC3(CCCCC3)CC2)CC1. The van der Waals surface area contributed by atoms with E-state index in [0.717, 1.165) is 6.54 Å². The average molecular weight is 293 g/mol. The highest BCUT2D eigenvalue weighted by atomic mass is 15.2. The lowest BCUT2D eigenvalue weighted by atomic mass is 9.67. The van der Waals surface area contributed by atoms with Crippen LogP contribution in [0, 0.1) is 5.41 Å². The van der Waals surface area contributed by atoms with Gasteiger partial charge >= 0.3 is 0 Å². The van der Waals surface area contributed by atoms with E-state index in [1.807, 2.05) is 0 Å². The Labute approximate surface area is 131 Å². The van der Waals surface area contributed by atoms with E-state index < -0.39 is 0 Å². The highest BCUT2D eigenvalue weighted by molar-refractivity contribution is 5.00. The molecule has 2 heterocycles. The maximum atomic E-state index is 6.27. The van der Waals surface area contributed by atoms with Gasteiger partial charge < -0.3 is 10.6 Å². The summed E-state index contributed by atoms with van der Waals surface area (Å²) in [4.78, 5) is 5.38. The summed E-state index contributed by atoms with van der Waals surface area (Å²) in [5, 5.41) is 0. The summed E-state index contributed by atoms with van der Waals surface area (Å²) >= 11 is 0. The lowest BCUT2D eigenvalue weighted by Gasteiger charge is -2.53. The van der Waals surface area contributed by atoms with Gasteiger partial charge in [0.25, 0.3) is 0 Å².